The zero-order chi connectivity index (χ0) is 27.7. The number of sulfonamides is 1. The number of rotatable bonds is 8. The van der Waals surface area contributed by atoms with E-state index in [1.54, 1.807) is 11.2 Å². The van der Waals surface area contributed by atoms with E-state index in [9.17, 15) is 26.4 Å². The number of halogens is 3. The minimum Gasteiger partial charge on any atom is -0.352 e. The highest BCUT2D eigenvalue weighted by molar-refractivity contribution is 7.89. The van der Waals surface area contributed by atoms with Crippen molar-refractivity contribution in [3.05, 3.63) is 34.9 Å². The van der Waals surface area contributed by atoms with E-state index in [1.165, 1.54) is 5.56 Å². The number of alkyl halides is 3. The third-order valence-electron chi connectivity index (χ3n) is 8.81. The predicted octanol–water partition coefficient (Wildman–Crippen LogP) is 5.36. The molecule has 0 spiro atoms. The molecular formula is C28H42F3N3O3S. The average molecular weight is 558 g/mol. The third-order valence-corrected chi connectivity index (χ3v) is 10.7. The minimum absolute atomic E-state index is 0.112. The summed E-state index contributed by atoms with van der Waals surface area (Å²) in [6.07, 6.45) is -0.950. The van der Waals surface area contributed by atoms with Crippen LogP contribution in [0.15, 0.2) is 18.2 Å². The molecule has 38 heavy (non-hydrogen) atoms. The normalized spacial score (nSPS) is 26.0. The topological polar surface area (TPSA) is 69.7 Å². The van der Waals surface area contributed by atoms with Gasteiger partial charge in [-0.15, -0.1) is 0 Å². The standard InChI is InChI=1S/C28H42F3N3O3S/c1-4-38(36,37)34-13-11-20(12-14-34)16-32-27(35)22-7-10-25-23(15-22)18-33(26(25)19(2)3)17-21-5-8-24(9-6-21)28(29,30)31/h7,10,15,19-21,24,26H,4-6,8-9,11-14,16-18H2,1-3H3,(H,32,35)/t21-,24-,26?. The van der Waals surface area contributed by atoms with Crippen molar-refractivity contribution in [1.82, 2.24) is 14.5 Å². The van der Waals surface area contributed by atoms with Gasteiger partial charge in [0.2, 0.25) is 10.0 Å². The molecule has 2 heterocycles. The molecule has 2 aliphatic heterocycles. The second-order valence-corrected chi connectivity index (χ2v) is 14.0. The van der Waals surface area contributed by atoms with Gasteiger partial charge in [0.05, 0.1) is 11.7 Å². The van der Waals surface area contributed by atoms with Gasteiger partial charge in [0, 0.05) is 44.3 Å². The lowest BCUT2D eigenvalue weighted by molar-refractivity contribution is -0.184. The van der Waals surface area contributed by atoms with Gasteiger partial charge in [-0.25, -0.2) is 12.7 Å². The number of amides is 1. The van der Waals surface area contributed by atoms with Crippen molar-refractivity contribution in [1.29, 1.82) is 0 Å². The fraction of sp³-hybridized carbons (Fsp3) is 0.750. The summed E-state index contributed by atoms with van der Waals surface area (Å²) in [4.78, 5) is 15.4. The van der Waals surface area contributed by atoms with Crippen LogP contribution in [0.1, 0.15) is 86.8 Å². The molecule has 0 aromatic heterocycles. The highest BCUT2D eigenvalue weighted by atomic mass is 32.2. The van der Waals surface area contributed by atoms with Crippen LogP contribution in [0.3, 0.4) is 0 Å². The number of benzene rings is 1. The molecule has 1 aliphatic carbocycles. The van der Waals surface area contributed by atoms with Crippen molar-refractivity contribution < 1.29 is 26.4 Å². The van der Waals surface area contributed by atoms with Crippen molar-refractivity contribution >= 4 is 15.9 Å². The Hall–Kier alpha value is -1.65. The lowest BCUT2D eigenvalue weighted by Crippen LogP contribution is -2.42. The van der Waals surface area contributed by atoms with E-state index in [-0.39, 0.29) is 42.4 Å². The van der Waals surface area contributed by atoms with Crippen LogP contribution in [0, 0.1) is 23.7 Å². The van der Waals surface area contributed by atoms with Gasteiger partial charge >= 0.3 is 6.18 Å². The second kappa shape index (κ2) is 11.8. The highest BCUT2D eigenvalue weighted by Crippen LogP contribution is 2.43. The first-order valence-corrected chi connectivity index (χ1v) is 15.7. The maximum atomic E-state index is 13.1. The number of piperidine rings is 1. The van der Waals surface area contributed by atoms with Crippen molar-refractivity contribution in [2.24, 2.45) is 23.7 Å². The van der Waals surface area contributed by atoms with Crippen LogP contribution in [0.4, 0.5) is 13.2 Å². The van der Waals surface area contributed by atoms with Gasteiger partial charge in [-0.05, 0) is 86.5 Å². The third kappa shape index (κ3) is 6.73. The lowest BCUT2D eigenvalue weighted by Gasteiger charge is -2.35. The first kappa shape index (κ1) is 29.3. The Balaban J connectivity index is 1.32. The first-order chi connectivity index (χ1) is 17.9. The maximum Gasteiger partial charge on any atom is 0.391 e. The van der Waals surface area contributed by atoms with Gasteiger partial charge < -0.3 is 5.32 Å². The molecule has 10 heteroatoms. The number of nitrogens with zero attached hydrogens (tertiary/aromatic N) is 2. The van der Waals surface area contributed by atoms with E-state index in [1.807, 2.05) is 18.2 Å². The van der Waals surface area contributed by atoms with Crippen molar-refractivity contribution in [3.8, 4) is 0 Å². The minimum atomic E-state index is -4.08. The maximum absolute atomic E-state index is 13.1. The lowest BCUT2D eigenvalue weighted by atomic mass is 9.81. The highest BCUT2D eigenvalue weighted by Gasteiger charge is 2.42. The van der Waals surface area contributed by atoms with Gasteiger partial charge in [0.15, 0.2) is 0 Å². The summed E-state index contributed by atoms with van der Waals surface area (Å²) in [6, 6.07) is 6.09. The Labute approximate surface area is 225 Å². The van der Waals surface area contributed by atoms with Crippen LogP contribution in [-0.2, 0) is 16.6 Å². The van der Waals surface area contributed by atoms with Gasteiger partial charge in [-0.1, -0.05) is 19.9 Å². The molecule has 3 aliphatic rings. The summed E-state index contributed by atoms with van der Waals surface area (Å²) in [6.45, 7) is 9.02. The molecule has 1 saturated heterocycles. The number of hydrogen-bond acceptors (Lipinski definition) is 4. The number of fused-ring (bicyclic) bond motifs is 1. The van der Waals surface area contributed by atoms with Crippen molar-refractivity contribution in [2.75, 3.05) is 31.9 Å². The van der Waals surface area contributed by atoms with Gasteiger partial charge in [-0.2, -0.15) is 13.2 Å². The molecule has 0 radical (unpaired) electrons. The molecule has 1 saturated carbocycles. The molecule has 1 aromatic rings. The molecule has 2 fully saturated rings. The Morgan fingerprint density at radius 3 is 2.29 bits per heavy atom. The number of carbonyl (C=O) groups excluding carboxylic acids is 1. The molecule has 1 atom stereocenters. The molecule has 214 valence electrons. The van der Waals surface area contributed by atoms with Gasteiger partial charge in [-0.3, -0.25) is 9.69 Å². The number of hydrogen-bond donors (Lipinski definition) is 1. The monoisotopic (exact) mass is 557 g/mol. The summed E-state index contributed by atoms with van der Waals surface area (Å²) in [7, 11) is -3.16. The van der Waals surface area contributed by atoms with Crippen LogP contribution in [0.25, 0.3) is 0 Å². The molecule has 1 unspecified atom stereocenters. The molecule has 6 nitrogen and oxygen atoms in total. The Kier molecular flexibility index (Phi) is 9.14. The fourth-order valence-corrected chi connectivity index (χ4v) is 7.69. The quantitative estimate of drug-likeness (QED) is 0.467. The molecule has 0 bridgehead atoms. The Bertz CT molecular complexity index is 1080. The van der Waals surface area contributed by atoms with E-state index >= 15 is 0 Å². The van der Waals surface area contributed by atoms with E-state index in [0.717, 1.165) is 24.9 Å². The van der Waals surface area contributed by atoms with E-state index in [4.69, 9.17) is 0 Å². The summed E-state index contributed by atoms with van der Waals surface area (Å²) >= 11 is 0. The SMILES string of the molecule is CCS(=O)(=O)N1CCC(CNC(=O)c2ccc3c(c2)CN(C[C@H]2CC[C@H](C(F)(F)F)CC2)C3C(C)C)CC1. The van der Waals surface area contributed by atoms with Gasteiger partial charge in [0.25, 0.3) is 5.91 Å². The van der Waals surface area contributed by atoms with Crippen LogP contribution < -0.4 is 5.32 Å². The second-order valence-electron chi connectivity index (χ2n) is 11.7. The van der Waals surface area contributed by atoms with Crippen LogP contribution in [0.5, 0.6) is 0 Å². The van der Waals surface area contributed by atoms with E-state index < -0.39 is 22.1 Å². The Morgan fingerprint density at radius 1 is 1.05 bits per heavy atom. The number of nitrogens with one attached hydrogen (secondary N) is 1. The predicted molar refractivity (Wildman–Crippen MR) is 142 cm³/mol. The first-order valence-electron chi connectivity index (χ1n) is 14.1. The number of carbonyl (C=O) groups is 1. The summed E-state index contributed by atoms with van der Waals surface area (Å²) < 4.78 is 64.9. The zero-order valence-electron chi connectivity index (χ0n) is 22.8. The molecular weight excluding hydrogens is 515 g/mol. The van der Waals surface area contributed by atoms with Gasteiger partial charge in [0.1, 0.15) is 0 Å². The van der Waals surface area contributed by atoms with Crippen molar-refractivity contribution in [3.63, 3.8) is 0 Å². The average Bonchev–Trinajstić information content (AvgIpc) is 3.24. The summed E-state index contributed by atoms with van der Waals surface area (Å²) in [5.41, 5.74) is 2.95. The summed E-state index contributed by atoms with van der Waals surface area (Å²) in [5, 5.41) is 3.04. The van der Waals surface area contributed by atoms with Crippen molar-refractivity contribution in [2.45, 2.75) is 78.1 Å². The fourth-order valence-electron chi connectivity index (χ4n) is 6.56. The molecule has 4 rings (SSSR count). The Morgan fingerprint density at radius 2 is 1.71 bits per heavy atom. The van der Waals surface area contributed by atoms with Crippen LogP contribution >= 0.6 is 0 Å². The molecule has 1 amide bonds. The zero-order valence-corrected chi connectivity index (χ0v) is 23.6. The molecule has 1 N–H and O–H groups in total. The summed E-state index contributed by atoms with van der Waals surface area (Å²) in [5.74, 6) is -0.295. The van der Waals surface area contributed by atoms with E-state index in [2.05, 4.69) is 24.1 Å². The molecule has 1 aromatic carbocycles. The van der Waals surface area contributed by atoms with E-state index in [0.29, 0.717) is 50.5 Å². The van der Waals surface area contributed by atoms with Crippen LogP contribution in [-0.4, -0.2) is 61.6 Å². The largest absolute Gasteiger partial charge is 0.391 e. The smallest absolute Gasteiger partial charge is 0.352 e. The van der Waals surface area contributed by atoms with Crippen LogP contribution in [0.2, 0.25) is 0 Å².